The average Bonchev–Trinajstić information content (AvgIpc) is 3.66. The molecule has 2 aromatic rings. The van der Waals surface area contributed by atoms with Gasteiger partial charge in [-0.25, -0.2) is 0 Å². The highest BCUT2D eigenvalue weighted by Crippen LogP contribution is 2.65. The third-order valence-electron chi connectivity index (χ3n) is 9.46. The minimum atomic E-state index is -0.363. The first-order valence-corrected chi connectivity index (χ1v) is 12.6. The lowest BCUT2D eigenvalue weighted by Gasteiger charge is -2.71. The number of fused-ring (bicyclic) bond motifs is 3. The summed E-state index contributed by atoms with van der Waals surface area (Å²) in [6, 6.07) is 15.9. The van der Waals surface area contributed by atoms with Gasteiger partial charge in [0.05, 0.1) is 17.7 Å². The van der Waals surface area contributed by atoms with E-state index in [4.69, 9.17) is 4.74 Å². The minimum absolute atomic E-state index is 0.0142. The van der Waals surface area contributed by atoms with Crippen molar-refractivity contribution in [1.29, 1.82) is 0 Å². The molecule has 2 saturated carbocycles. The van der Waals surface area contributed by atoms with Gasteiger partial charge in [0.1, 0.15) is 5.75 Å². The number of ether oxygens (including phenoxy) is 1. The van der Waals surface area contributed by atoms with Crippen molar-refractivity contribution in [1.82, 2.24) is 10.2 Å². The largest absolute Gasteiger partial charge is 0.508 e. The van der Waals surface area contributed by atoms with Crippen molar-refractivity contribution in [3.8, 4) is 5.75 Å². The molecule has 6 aliphatic rings. The molecule has 5 fully saturated rings. The summed E-state index contributed by atoms with van der Waals surface area (Å²) in [5.74, 6) is 1.17. The zero-order valence-corrected chi connectivity index (χ0v) is 19.1. The van der Waals surface area contributed by atoms with Crippen LogP contribution in [0.1, 0.15) is 60.0 Å². The number of hydrogen-bond acceptors (Lipinski definition) is 4. The van der Waals surface area contributed by atoms with Crippen molar-refractivity contribution in [3.05, 3.63) is 65.2 Å². The van der Waals surface area contributed by atoms with E-state index in [2.05, 4.69) is 16.3 Å². The highest BCUT2D eigenvalue weighted by molar-refractivity contribution is 5.94. The normalized spacial score (nSPS) is 36.7. The first-order chi connectivity index (χ1) is 16.0. The number of amides is 1. The molecule has 3 aliphatic carbocycles. The average molecular weight is 445 g/mol. The maximum Gasteiger partial charge on any atom is 0.251 e. The molecule has 1 unspecified atom stereocenters. The Morgan fingerprint density at radius 3 is 2.73 bits per heavy atom. The molecular weight excluding hydrogens is 412 g/mol. The summed E-state index contributed by atoms with van der Waals surface area (Å²) in [6.07, 6.45) is 7.55. The van der Waals surface area contributed by atoms with Gasteiger partial charge in [0.2, 0.25) is 0 Å². The van der Waals surface area contributed by atoms with Gasteiger partial charge in [0.25, 0.3) is 5.91 Å². The van der Waals surface area contributed by atoms with Crippen molar-refractivity contribution in [2.45, 2.75) is 67.5 Å². The van der Waals surface area contributed by atoms with Crippen molar-refractivity contribution >= 4 is 5.91 Å². The summed E-state index contributed by atoms with van der Waals surface area (Å²) in [5.41, 5.74) is 2.57. The lowest BCUT2D eigenvalue weighted by atomic mass is 9.45. The molecular formula is C28H32N2O3. The molecule has 3 aliphatic heterocycles. The van der Waals surface area contributed by atoms with E-state index in [-0.39, 0.29) is 22.5 Å². The number of carbonyl (C=O) groups excluding carboxylic acids is 1. The summed E-state index contributed by atoms with van der Waals surface area (Å²) >= 11 is 0. The van der Waals surface area contributed by atoms with Gasteiger partial charge in [-0.05, 0) is 92.8 Å². The van der Waals surface area contributed by atoms with E-state index in [0.29, 0.717) is 24.0 Å². The maximum atomic E-state index is 13.2. The predicted molar refractivity (Wildman–Crippen MR) is 125 cm³/mol. The number of rotatable bonds is 4. The quantitative estimate of drug-likeness (QED) is 0.753. The van der Waals surface area contributed by atoms with E-state index in [1.54, 1.807) is 0 Å². The Bertz CT molecular complexity index is 1100. The summed E-state index contributed by atoms with van der Waals surface area (Å²) in [6.45, 7) is 2.84. The fraction of sp³-hybridized carbons (Fsp3) is 0.536. The van der Waals surface area contributed by atoms with Crippen LogP contribution in [0.2, 0.25) is 0 Å². The Morgan fingerprint density at radius 2 is 1.97 bits per heavy atom. The van der Waals surface area contributed by atoms with Crippen LogP contribution in [0.15, 0.2) is 48.5 Å². The van der Waals surface area contributed by atoms with Gasteiger partial charge < -0.3 is 15.2 Å². The Labute approximate surface area is 195 Å². The molecule has 0 aromatic heterocycles. The number of phenols is 1. The third-order valence-corrected chi connectivity index (χ3v) is 9.46. The second-order valence-electron chi connectivity index (χ2n) is 11.3. The van der Waals surface area contributed by atoms with E-state index in [1.165, 1.54) is 30.5 Å². The van der Waals surface area contributed by atoms with Crippen LogP contribution in [0.25, 0.3) is 0 Å². The van der Waals surface area contributed by atoms with Gasteiger partial charge in [-0.15, -0.1) is 0 Å². The van der Waals surface area contributed by atoms with Crippen molar-refractivity contribution in [3.63, 3.8) is 0 Å². The summed E-state index contributed by atoms with van der Waals surface area (Å²) in [5, 5.41) is 13.9. The van der Waals surface area contributed by atoms with Crippen LogP contribution >= 0.6 is 0 Å². The number of hydrogen-bond donors (Lipinski definition) is 2. The van der Waals surface area contributed by atoms with Crippen LogP contribution in [0.3, 0.4) is 0 Å². The lowest BCUT2D eigenvalue weighted by molar-refractivity contribution is -0.261. The first-order valence-electron chi connectivity index (χ1n) is 12.6. The van der Waals surface area contributed by atoms with Crippen LogP contribution in [0, 0.1) is 5.92 Å². The number of piperidine rings is 1. The van der Waals surface area contributed by atoms with E-state index in [9.17, 15) is 9.90 Å². The van der Waals surface area contributed by atoms with Crippen molar-refractivity contribution < 1.29 is 14.6 Å². The molecule has 2 N–H and O–H groups in total. The Balaban J connectivity index is 1.29. The van der Waals surface area contributed by atoms with Crippen LogP contribution in [-0.4, -0.2) is 52.8 Å². The molecule has 1 spiro atoms. The topological polar surface area (TPSA) is 61.8 Å². The van der Waals surface area contributed by atoms with E-state index < -0.39 is 0 Å². The van der Waals surface area contributed by atoms with Crippen LogP contribution < -0.4 is 5.32 Å². The molecule has 4 atom stereocenters. The van der Waals surface area contributed by atoms with Gasteiger partial charge in [-0.1, -0.05) is 24.3 Å². The maximum absolute atomic E-state index is 13.2. The van der Waals surface area contributed by atoms with Gasteiger partial charge >= 0.3 is 0 Å². The molecule has 0 radical (unpaired) electrons. The molecule has 5 heteroatoms. The second kappa shape index (κ2) is 6.83. The van der Waals surface area contributed by atoms with Crippen LogP contribution in [-0.2, 0) is 16.6 Å². The number of aromatic hydroxyl groups is 1. The van der Waals surface area contributed by atoms with Gasteiger partial charge in [0.15, 0.2) is 0 Å². The molecule has 172 valence electrons. The zero-order chi connectivity index (χ0) is 22.3. The van der Waals surface area contributed by atoms with E-state index in [0.717, 1.165) is 44.6 Å². The summed E-state index contributed by atoms with van der Waals surface area (Å²) in [7, 11) is 0. The molecule has 5 nitrogen and oxygen atoms in total. The number of likely N-dealkylation sites (tertiary alicyclic amines) is 1. The number of nitrogens with zero attached hydrogens (tertiary/aromatic N) is 1. The van der Waals surface area contributed by atoms with Gasteiger partial charge in [-0.2, -0.15) is 0 Å². The molecule has 1 amide bonds. The fourth-order valence-electron chi connectivity index (χ4n) is 7.79. The summed E-state index contributed by atoms with van der Waals surface area (Å²) < 4.78 is 6.96. The van der Waals surface area contributed by atoms with E-state index in [1.807, 2.05) is 42.5 Å². The monoisotopic (exact) mass is 444 g/mol. The van der Waals surface area contributed by atoms with E-state index >= 15 is 0 Å². The van der Waals surface area contributed by atoms with Gasteiger partial charge in [0, 0.05) is 23.6 Å². The smallest absolute Gasteiger partial charge is 0.251 e. The number of nitrogens with one attached hydrogen (secondary N) is 1. The molecule has 3 saturated heterocycles. The minimum Gasteiger partial charge on any atom is -0.508 e. The second-order valence-corrected chi connectivity index (χ2v) is 11.3. The van der Waals surface area contributed by atoms with Gasteiger partial charge in [-0.3, -0.25) is 9.69 Å². The Kier molecular flexibility index (Phi) is 4.15. The number of benzene rings is 2. The highest BCUT2D eigenvalue weighted by atomic mass is 16.5. The standard InChI is InChI=1S/C28H32N2O3/c31-22-9-8-21-14-24-28-11-10-26(18-33-28,29-25(32)20-4-2-1-3-5-20)17-27(28,23(21)15-22)12-13-30(24)16-19-6-7-19/h1-5,8-9,15,19,24,31H,6-7,10-14,16-18H2,(H,29,32)/t24-,26?,27-,28-/m1/s1. The predicted octanol–water partition coefficient (Wildman–Crippen LogP) is 3.79. The number of phenolic OH excluding ortho intramolecular Hbond substituents is 1. The Morgan fingerprint density at radius 1 is 1.12 bits per heavy atom. The van der Waals surface area contributed by atoms with Crippen molar-refractivity contribution in [2.24, 2.45) is 5.92 Å². The highest BCUT2D eigenvalue weighted by Gasteiger charge is 2.71. The fourth-order valence-corrected chi connectivity index (χ4v) is 7.79. The number of carbonyl (C=O) groups is 1. The molecule has 4 bridgehead atoms. The molecule has 8 rings (SSSR count). The lowest BCUT2D eigenvalue weighted by Crippen LogP contribution is -2.81. The summed E-state index contributed by atoms with van der Waals surface area (Å²) in [4.78, 5) is 15.9. The van der Waals surface area contributed by atoms with Crippen LogP contribution in [0.4, 0.5) is 0 Å². The molecule has 33 heavy (non-hydrogen) atoms. The first kappa shape index (κ1) is 20.0. The molecule has 3 heterocycles. The van der Waals surface area contributed by atoms with Crippen molar-refractivity contribution in [2.75, 3.05) is 19.7 Å². The van der Waals surface area contributed by atoms with Crippen LogP contribution in [0.5, 0.6) is 5.75 Å². The molecule has 2 aromatic carbocycles. The zero-order valence-electron chi connectivity index (χ0n) is 19.1. The SMILES string of the molecule is O=C(NC12CC[C@@]3(OC1)[C@H]1Cc4ccc(O)cc4[C@@]3(CCN1CC1CC1)C2)c1ccccc1. The Hall–Kier alpha value is -2.37. The third kappa shape index (κ3) is 2.82.